The number of fused-ring (bicyclic) bond motifs is 1. The molecule has 2 aromatic rings. The summed E-state index contributed by atoms with van der Waals surface area (Å²) in [6, 6.07) is 6.05. The average Bonchev–Trinajstić information content (AvgIpc) is 2.83. The Kier molecular flexibility index (Phi) is 2.02. The summed E-state index contributed by atoms with van der Waals surface area (Å²) in [6.45, 7) is 1.65. The van der Waals surface area contributed by atoms with Crippen molar-refractivity contribution in [2.24, 2.45) is 0 Å². The first-order valence-electron chi connectivity index (χ1n) is 5.19. The van der Waals surface area contributed by atoms with Crippen molar-refractivity contribution >= 4 is 5.69 Å². The Morgan fingerprint density at radius 3 is 3.19 bits per heavy atom. The number of hydrogen-bond acceptors (Lipinski definition) is 4. The summed E-state index contributed by atoms with van der Waals surface area (Å²) in [7, 11) is 2.06. The maximum atomic E-state index is 5.58. The third-order valence-corrected chi connectivity index (χ3v) is 2.77. The second kappa shape index (κ2) is 3.52. The lowest BCUT2D eigenvalue weighted by molar-refractivity contribution is 0.311. The molecule has 0 saturated carbocycles. The van der Waals surface area contributed by atoms with Crippen molar-refractivity contribution in [1.82, 2.24) is 15.4 Å². The van der Waals surface area contributed by atoms with Crippen molar-refractivity contribution in [2.75, 3.05) is 25.1 Å². The molecule has 5 heteroatoms. The number of rotatable bonds is 1. The Morgan fingerprint density at radius 2 is 2.38 bits per heavy atom. The van der Waals surface area contributed by atoms with Gasteiger partial charge in [-0.3, -0.25) is 0 Å². The predicted octanol–water partition coefficient (Wildman–Crippen LogP) is 1.30. The van der Waals surface area contributed by atoms with Crippen LogP contribution in [0.3, 0.4) is 0 Å². The minimum Gasteiger partial charge on any atom is -0.490 e. The van der Waals surface area contributed by atoms with Crippen LogP contribution in [0.2, 0.25) is 0 Å². The van der Waals surface area contributed by atoms with E-state index in [1.165, 1.54) is 0 Å². The molecule has 0 fully saturated rings. The molecule has 82 valence electrons. The topological polar surface area (TPSA) is 54.0 Å². The summed E-state index contributed by atoms with van der Waals surface area (Å²) in [5, 5.41) is 10.5. The number of aromatic amines is 1. The van der Waals surface area contributed by atoms with E-state index in [0.29, 0.717) is 0 Å². The third kappa shape index (κ3) is 1.41. The molecule has 0 bridgehead atoms. The van der Waals surface area contributed by atoms with E-state index in [2.05, 4.69) is 33.4 Å². The van der Waals surface area contributed by atoms with Crippen LogP contribution in [0.1, 0.15) is 0 Å². The molecule has 0 aliphatic carbocycles. The van der Waals surface area contributed by atoms with Gasteiger partial charge in [-0.2, -0.15) is 15.4 Å². The van der Waals surface area contributed by atoms with Gasteiger partial charge in [0.2, 0.25) is 0 Å². The molecule has 0 saturated heterocycles. The minimum atomic E-state index is 0.743. The quantitative estimate of drug-likeness (QED) is 0.780. The van der Waals surface area contributed by atoms with E-state index < -0.39 is 0 Å². The number of nitrogens with one attached hydrogen (secondary N) is 1. The van der Waals surface area contributed by atoms with E-state index in [0.717, 1.165) is 35.8 Å². The summed E-state index contributed by atoms with van der Waals surface area (Å²) in [4.78, 5) is 2.18. The molecule has 1 aliphatic heterocycles. The fraction of sp³-hybridized carbons (Fsp3) is 0.273. The van der Waals surface area contributed by atoms with Gasteiger partial charge in [-0.15, -0.1) is 0 Å². The number of hydrogen-bond donors (Lipinski definition) is 1. The van der Waals surface area contributed by atoms with Crippen LogP contribution in [-0.4, -0.2) is 35.6 Å². The fourth-order valence-corrected chi connectivity index (χ4v) is 1.85. The van der Waals surface area contributed by atoms with Gasteiger partial charge in [0.25, 0.3) is 0 Å². The number of benzene rings is 1. The predicted molar refractivity (Wildman–Crippen MR) is 60.6 cm³/mol. The van der Waals surface area contributed by atoms with E-state index in [4.69, 9.17) is 4.74 Å². The zero-order valence-electron chi connectivity index (χ0n) is 8.97. The molecule has 16 heavy (non-hydrogen) atoms. The maximum Gasteiger partial charge on any atom is 0.142 e. The molecule has 2 heterocycles. The van der Waals surface area contributed by atoms with Crippen molar-refractivity contribution in [3.63, 3.8) is 0 Å². The Bertz CT molecular complexity index is 495. The van der Waals surface area contributed by atoms with Crippen LogP contribution >= 0.6 is 0 Å². The van der Waals surface area contributed by atoms with E-state index in [-0.39, 0.29) is 0 Å². The van der Waals surface area contributed by atoms with Crippen LogP contribution in [0.4, 0.5) is 5.69 Å². The summed E-state index contributed by atoms with van der Waals surface area (Å²) in [6.07, 6.45) is 1.71. The molecule has 0 atom stereocenters. The van der Waals surface area contributed by atoms with E-state index >= 15 is 0 Å². The molecule has 1 aliphatic rings. The normalized spacial score (nSPS) is 14.4. The maximum absolute atomic E-state index is 5.58. The Hall–Kier alpha value is -2.04. The van der Waals surface area contributed by atoms with Gasteiger partial charge in [0, 0.05) is 12.6 Å². The average molecular weight is 216 g/mol. The van der Waals surface area contributed by atoms with Gasteiger partial charge in [-0.1, -0.05) is 0 Å². The van der Waals surface area contributed by atoms with Crippen molar-refractivity contribution in [1.29, 1.82) is 0 Å². The van der Waals surface area contributed by atoms with Crippen molar-refractivity contribution in [3.05, 3.63) is 24.4 Å². The smallest absolute Gasteiger partial charge is 0.142 e. The second-order valence-electron chi connectivity index (χ2n) is 3.81. The van der Waals surface area contributed by atoms with E-state index in [1.807, 2.05) is 12.1 Å². The zero-order chi connectivity index (χ0) is 11.0. The van der Waals surface area contributed by atoms with E-state index in [9.17, 15) is 0 Å². The van der Waals surface area contributed by atoms with Crippen LogP contribution in [0.5, 0.6) is 5.75 Å². The Morgan fingerprint density at radius 1 is 1.44 bits per heavy atom. The van der Waals surface area contributed by atoms with Crippen LogP contribution in [-0.2, 0) is 0 Å². The standard InChI is InChI=1S/C11H12N4O/c1-15-4-5-16-11-3-2-8(6-10(11)15)9-7-12-14-13-9/h2-3,6-7H,4-5H2,1H3,(H,12,13,14). The molecule has 1 N–H and O–H groups in total. The van der Waals surface area contributed by atoms with Crippen LogP contribution in [0.15, 0.2) is 24.4 Å². The van der Waals surface area contributed by atoms with Crippen molar-refractivity contribution < 1.29 is 4.74 Å². The summed E-state index contributed by atoms with van der Waals surface area (Å²) in [5.41, 5.74) is 3.00. The van der Waals surface area contributed by atoms with Crippen LogP contribution in [0, 0.1) is 0 Å². The van der Waals surface area contributed by atoms with Gasteiger partial charge >= 0.3 is 0 Å². The first kappa shape index (κ1) is 9.21. The fourth-order valence-electron chi connectivity index (χ4n) is 1.85. The zero-order valence-corrected chi connectivity index (χ0v) is 8.97. The van der Waals surface area contributed by atoms with Gasteiger partial charge in [-0.05, 0) is 18.2 Å². The lowest BCUT2D eigenvalue weighted by Crippen LogP contribution is -2.28. The van der Waals surface area contributed by atoms with Crippen molar-refractivity contribution in [2.45, 2.75) is 0 Å². The van der Waals surface area contributed by atoms with Gasteiger partial charge in [0.15, 0.2) is 0 Å². The highest BCUT2D eigenvalue weighted by Crippen LogP contribution is 2.33. The number of likely N-dealkylation sites (N-methyl/N-ethyl adjacent to an activating group) is 1. The minimum absolute atomic E-state index is 0.743. The summed E-state index contributed by atoms with van der Waals surface area (Å²) < 4.78 is 5.58. The SMILES string of the molecule is CN1CCOc2ccc(-c3cn[nH]n3)cc21. The number of H-pyrrole nitrogens is 1. The summed E-state index contributed by atoms with van der Waals surface area (Å²) >= 11 is 0. The lowest BCUT2D eigenvalue weighted by atomic mass is 10.1. The highest BCUT2D eigenvalue weighted by atomic mass is 16.5. The Balaban J connectivity index is 2.07. The van der Waals surface area contributed by atoms with Crippen LogP contribution < -0.4 is 9.64 Å². The number of anilines is 1. The molecule has 0 spiro atoms. The largest absolute Gasteiger partial charge is 0.490 e. The van der Waals surface area contributed by atoms with Gasteiger partial charge in [0.05, 0.1) is 18.4 Å². The number of ether oxygens (including phenoxy) is 1. The highest BCUT2D eigenvalue weighted by Gasteiger charge is 2.15. The molecule has 1 aromatic carbocycles. The van der Waals surface area contributed by atoms with Gasteiger partial charge in [0.1, 0.15) is 18.1 Å². The highest BCUT2D eigenvalue weighted by molar-refractivity contribution is 5.70. The van der Waals surface area contributed by atoms with Crippen LogP contribution in [0.25, 0.3) is 11.3 Å². The molecule has 1 aromatic heterocycles. The van der Waals surface area contributed by atoms with Gasteiger partial charge < -0.3 is 9.64 Å². The molecule has 3 rings (SSSR count). The first-order valence-corrected chi connectivity index (χ1v) is 5.19. The van der Waals surface area contributed by atoms with Gasteiger partial charge in [-0.25, -0.2) is 0 Å². The molecular formula is C11H12N4O. The second-order valence-corrected chi connectivity index (χ2v) is 3.81. The first-order chi connectivity index (χ1) is 7.84. The molecular weight excluding hydrogens is 204 g/mol. The monoisotopic (exact) mass is 216 g/mol. The molecule has 5 nitrogen and oxygen atoms in total. The van der Waals surface area contributed by atoms with Crippen molar-refractivity contribution in [3.8, 4) is 17.0 Å². The lowest BCUT2D eigenvalue weighted by Gasteiger charge is -2.27. The Labute approximate surface area is 93.0 Å². The molecule has 0 amide bonds. The molecule has 0 radical (unpaired) electrons. The third-order valence-electron chi connectivity index (χ3n) is 2.77. The summed E-state index contributed by atoms with van der Waals surface area (Å²) in [5.74, 6) is 0.931. The number of nitrogens with zero attached hydrogens (tertiary/aromatic N) is 3. The number of aromatic nitrogens is 3. The van der Waals surface area contributed by atoms with E-state index in [1.54, 1.807) is 6.20 Å². The molecule has 0 unspecified atom stereocenters.